The predicted octanol–water partition coefficient (Wildman–Crippen LogP) is 4.07. The quantitative estimate of drug-likeness (QED) is 0.743. The lowest BCUT2D eigenvalue weighted by Crippen LogP contribution is -2.54. The first-order chi connectivity index (χ1) is 11.9. The van der Waals surface area contributed by atoms with Gasteiger partial charge in [0.25, 0.3) is 0 Å². The zero-order valence-corrected chi connectivity index (χ0v) is 15.8. The molecule has 1 amide bonds. The van der Waals surface area contributed by atoms with Gasteiger partial charge in [-0.15, -0.1) is 0 Å². The SMILES string of the molecule is CCN(CC1CC1)C(C)(C)C1CCN(Cc2ccc(F)cc2)C(=O)C1. The van der Waals surface area contributed by atoms with Gasteiger partial charge in [-0.2, -0.15) is 0 Å². The second-order valence-electron chi connectivity index (χ2n) is 8.27. The molecular formula is C21H31FN2O. The fourth-order valence-electron chi connectivity index (χ4n) is 4.10. The average Bonchev–Trinajstić information content (AvgIpc) is 3.40. The van der Waals surface area contributed by atoms with E-state index in [-0.39, 0.29) is 17.3 Å². The highest BCUT2D eigenvalue weighted by Crippen LogP contribution is 2.37. The second-order valence-corrected chi connectivity index (χ2v) is 8.27. The molecule has 25 heavy (non-hydrogen) atoms. The van der Waals surface area contributed by atoms with Gasteiger partial charge in [0.15, 0.2) is 0 Å². The van der Waals surface area contributed by atoms with Gasteiger partial charge < -0.3 is 4.90 Å². The smallest absolute Gasteiger partial charge is 0.223 e. The van der Waals surface area contributed by atoms with Crippen molar-refractivity contribution < 1.29 is 9.18 Å². The van der Waals surface area contributed by atoms with Crippen LogP contribution in [0.1, 0.15) is 52.0 Å². The molecular weight excluding hydrogens is 315 g/mol. The largest absolute Gasteiger partial charge is 0.338 e. The second kappa shape index (κ2) is 7.45. The number of carbonyl (C=O) groups is 1. The van der Waals surface area contributed by atoms with Crippen molar-refractivity contribution in [2.24, 2.45) is 11.8 Å². The van der Waals surface area contributed by atoms with E-state index in [1.54, 1.807) is 12.1 Å². The highest BCUT2D eigenvalue weighted by Gasteiger charge is 2.40. The van der Waals surface area contributed by atoms with Gasteiger partial charge in [-0.05, 0) is 69.2 Å². The van der Waals surface area contributed by atoms with Gasteiger partial charge in [0.1, 0.15) is 5.82 Å². The first-order valence-electron chi connectivity index (χ1n) is 9.67. The van der Waals surface area contributed by atoms with Crippen LogP contribution < -0.4 is 0 Å². The summed E-state index contributed by atoms with van der Waals surface area (Å²) < 4.78 is 13.0. The maximum absolute atomic E-state index is 13.0. The van der Waals surface area contributed by atoms with E-state index in [1.807, 2.05) is 4.90 Å². The van der Waals surface area contributed by atoms with Crippen LogP contribution in [-0.2, 0) is 11.3 Å². The van der Waals surface area contributed by atoms with E-state index < -0.39 is 0 Å². The van der Waals surface area contributed by atoms with Crippen LogP contribution in [0.25, 0.3) is 0 Å². The molecule has 0 bridgehead atoms. The summed E-state index contributed by atoms with van der Waals surface area (Å²) in [6.45, 7) is 10.5. The standard InChI is InChI=1S/C21H31FN2O/c1-4-24(15-17-5-6-17)21(2,3)18-11-12-23(20(25)13-18)14-16-7-9-19(22)10-8-16/h7-10,17-18H,4-6,11-15H2,1-3H3. The lowest BCUT2D eigenvalue weighted by molar-refractivity contribution is -0.138. The van der Waals surface area contributed by atoms with Gasteiger partial charge >= 0.3 is 0 Å². The van der Waals surface area contributed by atoms with Crippen LogP contribution in [0.4, 0.5) is 4.39 Å². The van der Waals surface area contributed by atoms with Crippen molar-refractivity contribution in [3.63, 3.8) is 0 Å². The zero-order valence-electron chi connectivity index (χ0n) is 15.8. The third-order valence-corrected chi connectivity index (χ3v) is 6.18. The highest BCUT2D eigenvalue weighted by atomic mass is 19.1. The Hall–Kier alpha value is -1.42. The first-order valence-corrected chi connectivity index (χ1v) is 9.67. The van der Waals surface area contributed by atoms with E-state index in [0.717, 1.165) is 31.0 Å². The van der Waals surface area contributed by atoms with E-state index in [4.69, 9.17) is 0 Å². The Morgan fingerprint density at radius 1 is 1.20 bits per heavy atom. The fourth-order valence-corrected chi connectivity index (χ4v) is 4.10. The van der Waals surface area contributed by atoms with E-state index in [1.165, 1.54) is 31.5 Å². The van der Waals surface area contributed by atoms with Crippen molar-refractivity contribution in [2.75, 3.05) is 19.6 Å². The third-order valence-electron chi connectivity index (χ3n) is 6.18. The van der Waals surface area contributed by atoms with Crippen molar-refractivity contribution in [2.45, 2.75) is 58.5 Å². The van der Waals surface area contributed by atoms with Crippen LogP contribution in [-0.4, -0.2) is 40.9 Å². The van der Waals surface area contributed by atoms with E-state index in [0.29, 0.717) is 18.9 Å². The Morgan fingerprint density at radius 3 is 2.44 bits per heavy atom. The van der Waals surface area contributed by atoms with Crippen molar-refractivity contribution in [1.29, 1.82) is 0 Å². The molecule has 1 aromatic rings. The van der Waals surface area contributed by atoms with E-state index in [2.05, 4.69) is 25.7 Å². The minimum atomic E-state index is -0.231. The maximum atomic E-state index is 13.0. The minimum absolute atomic E-state index is 0.0644. The average molecular weight is 346 g/mol. The molecule has 138 valence electrons. The molecule has 1 unspecified atom stereocenters. The predicted molar refractivity (Wildman–Crippen MR) is 98.6 cm³/mol. The first kappa shape index (κ1) is 18.4. The molecule has 0 spiro atoms. The maximum Gasteiger partial charge on any atom is 0.223 e. The topological polar surface area (TPSA) is 23.6 Å². The summed E-state index contributed by atoms with van der Waals surface area (Å²) >= 11 is 0. The third kappa shape index (κ3) is 4.41. The summed E-state index contributed by atoms with van der Waals surface area (Å²) in [7, 11) is 0. The van der Waals surface area contributed by atoms with Crippen molar-refractivity contribution in [1.82, 2.24) is 9.80 Å². The van der Waals surface area contributed by atoms with Crippen LogP contribution in [0.5, 0.6) is 0 Å². The van der Waals surface area contributed by atoms with Gasteiger partial charge in [-0.3, -0.25) is 9.69 Å². The van der Waals surface area contributed by atoms with E-state index >= 15 is 0 Å². The number of halogens is 1. The highest BCUT2D eigenvalue weighted by molar-refractivity contribution is 5.77. The van der Waals surface area contributed by atoms with Crippen LogP contribution >= 0.6 is 0 Å². The normalized spacial score (nSPS) is 21.9. The van der Waals surface area contributed by atoms with Crippen LogP contribution in [0, 0.1) is 17.7 Å². The van der Waals surface area contributed by atoms with Gasteiger partial charge in [-0.1, -0.05) is 19.1 Å². The number of benzene rings is 1. The van der Waals surface area contributed by atoms with Crippen LogP contribution in [0.2, 0.25) is 0 Å². The van der Waals surface area contributed by atoms with Gasteiger partial charge in [0, 0.05) is 31.6 Å². The Morgan fingerprint density at radius 2 is 1.88 bits per heavy atom. The molecule has 0 N–H and O–H groups in total. The summed E-state index contributed by atoms with van der Waals surface area (Å²) in [6, 6.07) is 6.47. The van der Waals surface area contributed by atoms with Crippen LogP contribution in [0.15, 0.2) is 24.3 Å². The Labute approximate surface area is 151 Å². The van der Waals surface area contributed by atoms with Gasteiger partial charge in [0.2, 0.25) is 5.91 Å². The molecule has 1 saturated carbocycles. The number of likely N-dealkylation sites (tertiary alicyclic amines) is 1. The summed E-state index contributed by atoms with van der Waals surface area (Å²) in [4.78, 5) is 17.2. The summed E-state index contributed by atoms with van der Waals surface area (Å²) in [5.74, 6) is 1.28. The molecule has 2 aliphatic rings. The van der Waals surface area contributed by atoms with Gasteiger partial charge in [0.05, 0.1) is 0 Å². The number of amides is 1. The molecule has 1 saturated heterocycles. The molecule has 0 aromatic heterocycles. The van der Waals surface area contributed by atoms with E-state index in [9.17, 15) is 9.18 Å². The molecule has 1 aliphatic heterocycles. The molecule has 1 heterocycles. The number of nitrogens with zero attached hydrogens (tertiary/aromatic N) is 2. The number of hydrogen-bond donors (Lipinski definition) is 0. The molecule has 4 heteroatoms. The summed E-state index contributed by atoms with van der Waals surface area (Å²) in [6.07, 6.45) is 4.39. The molecule has 2 fully saturated rings. The number of carbonyl (C=O) groups excluding carboxylic acids is 1. The minimum Gasteiger partial charge on any atom is -0.338 e. The number of hydrogen-bond acceptors (Lipinski definition) is 2. The molecule has 3 rings (SSSR count). The number of piperidine rings is 1. The molecule has 0 radical (unpaired) electrons. The molecule has 1 aliphatic carbocycles. The van der Waals surface area contributed by atoms with Gasteiger partial charge in [-0.25, -0.2) is 4.39 Å². The molecule has 1 aromatic carbocycles. The molecule has 1 atom stereocenters. The fraction of sp³-hybridized carbons (Fsp3) is 0.667. The molecule has 3 nitrogen and oxygen atoms in total. The van der Waals surface area contributed by atoms with Crippen LogP contribution in [0.3, 0.4) is 0 Å². The Bertz CT molecular complexity index is 594. The summed E-state index contributed by atoms with van der Waals surface area (Å²) in [5, 5.41) is 0. The monoisotopic (exact) mass is 346 g/mol. The Balaban J connectivity index is 1.59. The lowest BCUT2D eigenvalue weighted by Gasteiger charge is -2.47. The van der Waals surface area contributed by atoms with Crippen molar-refractivity contribution in [3.05, 3.63) is 35.6 Å². The number of rotatable bonds is 7. The van der Waals surface area contributed by atoms with Crippen molar-refractivity contribution >= 4 is 5.91 Å². The zero-order chi connectivity index (χ0) is 18.0. The lowest BCUT2D eigenvalue weighted by atomic mass is 9.78. The van der Waals surface area contributed by atoms with Crippen molar-refractivity contribution in [3.8, 4) is 0 Å². The summed E-state index contributed by atoms with van der Waals surface area (Å²) in [5.41, 5.74) is 1.06. The Kier molecular flexibility index (Phi) is 5.47.